The summed E-state index contributed by atoms with van der Waals surface area (Å²) in [4.78, 5) is 37.0. The second-order valence-electron chi connectivity index (χ2n) is 10.5. The van der Waals surface area contributed by atoms with Gasteiger partial charge >= 0.3 is 5.97 Å². The van der Waals surface area contributed by atoms with Crippen molar-refractivity contribution in [2.75, 3.05) is 6.54 Å². The lowest BCUT2D eigenvalue weighted by Gasteiger charge is -2.59. The fourth-order valence-corrected chi connectivity index (χ4v) is 8.06. The number of hydrogen-bond acceptors (Lipinski definition) is 4. The van der Waals surface area contributed by atoms with Crippen molar-refractivity contribution in [3.05, 3.63) is 11.6 Å². The first kappa shape index (κ1) is 20.6. The molecule has 3 saturated carbocycles. The highest BCUT2D eigenvalue weighted by Crippen LogP contribution is 2.68. The van der Waals surface area contributed by atoms with Gasteiger partial charge in [-0.15, -0.1) is 0 Å². The molecule has 0 aromatic carbocycles. The molecule has 1 heterocycles. The van der Waals surface area contributed by atoms with E-state index in [2.05, 4.69) is 26.1 Å². The molecule has 5 heteroatoms. The van der Waals surface area contributed by atoms with Crippen LogP contribution in [0.25, 0.3) is 0 Å². The predicted octanol–water partition coefficient (Wildman–Crippen LogP) is 3.81. The van der Waals surface area contributed by atoms with Gasteiger partial charge in [-0.1, -0.05) is 26.3 Å². The van der Waals surface area contributed by atoms with Crippen molar-refractivity contribution in [2.24, 2.45) is 34.5 Å². The van der Waals surface area contributed by atoms with E-state index in [1.807, 2.05) is 6.08 Å². The molecule has 1 N–H and O–H groups in total. The molecule has 0 spiro atoms. The van der Waals surface area contributed by atoms with Crippen molar-refractivity contribution >= 4 is 17.7 Å². The van der Waals surface area contributed by atoms with Crippen LogP contribution in [0, 0.1) is 34.5 Å². The Hall–Kier alpha value is -1.65. The number of fused-ring (bicyclic) bond motifs is 5. The molecule has 0 saturated heterocycles. The summed E-state index contributed by atoms with van der Waals surface area (Å²) in [6.07, 6.45) is 7.38. The lowest BCUT2D eigenvalue weighted by atomic mass is 9.45. The molecule has 3 aliphatic carbocycles. The number of esters is 1. The Labute approximate surface area is 174 Å². The monoisotopic (exact) mass is 401 g/mol. The molecule has 1 amide bonds. The zero-order valence-corrected chi connectivity index (χ0v) is 18.5. The van der Waals surface area contributed by atoms with Gasteiger partial charge in [-0.05, 0) is 74.5 Å². The van der Waals surface area contributed by atoms with Crippen molar-refractivity contribution in [1.29, 1.82) is 0 Å². The number of Topliss-reactive ketones (excluding diaryl/α,β-unsaturated/α-hetero) is 1. The fourth-order valence-electron chi connectivity index (χ4n) is 8.06. The summed E-state index contributed by atoms with van der Waals surface area (Å²) in [6, 6.07) is 0. The van der Waals surface area contributed by atoms with E-state index in [4.69, 9.17) is 4.74 Å². The number of hydrogen-bond donors (Lipinski definition) is 1. The van der Waals surface area contributed by atoms with Gasteiger partial charge in [-0.2, -0.15) is 0 Å². The summed E-state index contributed by atoms with van der Waals surface area (Å²) in [6.45, 7) is 10.5. The molecule has 5 nitrogen and oxygen atoms in total. The van der Waals surface area contributed by atoms with E-state index in [0.717, 1.165) is 38.6 Å². The molecule has 0 aromatic rings. The van der Waals surface area contributed by atoms with Gasteiger partial charge < -0.3 is 10.1 Å². The Kier molecular flexibility index (Phi) is 4.75. The number of nitrogens with one attached hydrogen (secondary N) is 1. The highest BCUT2D eigenvalue weighted by molar-refractivity contribution is 5.89. The molecule has 160 valence electrons. The lowest BCUT2D eigenvalue weighted by Crippen LogP contribution is -2.59. The Morgan fingerprint density at radius 3 is 2.45 bits per heavy atom. The molecule has 4 aliphatic rings. The highest BCUT2D eigenvalue weighted by atomic mass is 16.6. The summed E-state index contributed by atoms with van der Waals surface area (Å²) < 4.78 is 5.85. The summed E-state index contributed by atoms with van der Waals surface area (Å²) in [5, 5.41) is 3.03. The SMILES string of the molecule is CC(=O)O[C@]1(C(C)=O)CC[C@@H]2[C@H]3C[C@H](C)C4=CC(=O)NCC[C@]4(C)[C@@H]3CC[C@]21C. The lowest BCUT2D eigenvalue weighted by molar-refractivity contribution is -0.187. The maximum absolute atomic E-state index is 12.8. The largest absolute Gasteiger partial charge is 0.451 e. The third-order valence-electron chi connectivity index (χ3n) is 9.31. The third-order valence-corrected chi connectivity index (χ3v) is 9.31. The van der Waals surface area contributed by atoms with Crippen LogP contribution >= 0.6 is 0 Å². The van der Waals surface area contributed by atoms with E-state index < -0.39 is 5.60 Å². The Bertz CT molecular complexity index is 788. The van der Waals surface area contributed by atoms with E-state index in [1.165, 1.54) is 12.5 Å². The normalized spacial score (nSPS) is 46.4. The van der Waals surface area contributed by atoms with Crippen LogP contribution in [0.1, 0.15) is 73.1 Å². The number of rotatable bonds is 2. The minimum atomic E-state index is -0.976. The van der Waals surface area contributed by atoms with Gasteiger partial charge in [0.25, 0.3) is 0 Å². The van der Waals surface area contributed by atoms with Crippen molar-refractivity contribution in [1.82, 2.24) is 5.32 Å². The second-order valence-corrected chi connectivity index (χ2v) is 10.5. The summed E-state index contributed by atoms with van der Waals surface area (Å²) >= 11 is 0. The van der Waals surface area contributed by atoms with Crippen LogP contribution in [0.15, 0.2) is 11.6 Å². The Morgan fingerprint density at radius 2 is 1.79 bits per heavy atom. The first-order chi connectivity index (χ1) is 13.5. The van der Waals surface area contributed by atoms with Gasteiger partial charge in [0.05, 0.1) is 0 Å². The maximum atomic E-state index is 12.8. The molecule has 0 unspecified atom stereocenters. The number of carbonyl (C=O) groups excluding carboxylic acids is 3. The topological polar surface area (TPSA) is 72.5 Å². The molecule has 3 fully saturated rings. The van der Waals surface area contributed by atoms with Crippen molar-refractivity contribution in [2.45, 2.75) is 78.7 Å². The zero-order valence-electron chi connectivity index (χ0n) is 18.5. The van der Waals surface area contributed by atoms with Gasteiger partial charge in [-0.3, -0.25) is 14.4 Å². The molecule has 4 rings (SSSR count). The van der Waals surface area contributed by atoms with Crippen LogP contribution in [0.5, 0.6) is 0 Å². The first-order valence-corrected chi connectivity index (χ1v) is 11.3. The summed E-state index contributed by atoms with van der Waals surface area (Å²) in [5.41, 5.74) is 0.0524. The summed E-state index contributed by atoms with van der Waals surface area (Å²) in [5.74, 6) is 1.42. The van der Waals surface area contributed by atoms with E-state index >= 15 is 0 Å². The van der Waals surface area contributed by atoms with Crippen LogP contribution in [0.2, 0.25) is 0 Å². The van der Waals surface area contributed by atoms with Crippen LogP contribution in [0.3, 0.4) is 0 Å². The number of ether oxygens (including phenoxy) is 1. The molecule has 29 heavy (non-hydrogen) atoms. The van der Waals surface area contributed by atoms with Gasteiger partial charge in [-0.25, -0.2) is 0 Å². The van der Waals surface area contributed by atoms with Crippen LogP contribution < -0.4 is 5.32 Å². The number of allylic oxidation sites excluding steroid dienone is 1. The first-order valence-electron chi connectivity index (χ1n) is 11.3. The fraction of sp³-hybridized carbons (Fsp3) is 0.792. The molecule has 0 radical (unpaired) electrons. The van der Waals surface area contributed by atoms with Crippen LogP contribution in [0.4, 0.5) is 0 Å². The van der Waals surface area contributed by atoms with Gasteiger partial charge in [0.2, 0.25) is 5.91 Å². The molecule has 0 bridgehead atoms. The molecule has 1 aliphatic heterocycles. The number of carbonyl (C=O) groups is 3. The van der Waals surface area contributed by atoms with Crippen molar-refractivity contribution < 1.29 is 19.1 Å². The standard InChI is InChI=1S/C24H35NO4/c1-14-12-17-18(22(4)10-11-25-21(28)13-20(14)22)6-8-23(5)19(17)7-9-24(23,15(2)26)29-16(3)27/h13-14,17-19H,6-12H2,1-5H3,(H,25,28)/t14-,17-,18+,19+,22+,23+,24-/m0/s1. The van der Waals surface area contributed by atoms with Crippen LogP contribution in [-0.2, 0) is 19.1 Å². The summed E-state index contributed by atoms with van der Waals surface area (Å²) in [7, 11) is 0. The second kappa shape index (κ2) is 6.68. The van der Waals surface area contributed by atoms with E-state index in [9.17, 15) is 14.4 Å². The molecular weight excluding hydrogens is 366 g/mol. The smallest absolute Gasteiger partial charge is 0.303 e. The molecule has 7 atom stereocenters. The number of ketones is 1. The quantitative estimate of drug-likeness (QED) is 0.714. The molecular formula is C24H35NO4. The average Bonchev–Trinajstić information content (AvgIpc) is 2.81. The minimum absolute atomic E-state index is 0.00364. The van der Waals surface area contributed by atoms with Crippen LogP contribution in [-0.4, -0.2) is 29.8 Å². The average molecular weight is 402 g/mol. The van der Waals surface area contributed by atoms with E-state index in [1.54, 1.807) is 6.92 Å². The van der Waals surface area contributed by atoms with Gasteiger partial charge in [0.1, 0.15) is 0 Å². The Balaban J connectivity index is 1.74. The van der Waals surface area contributed by atoms with E-state index in [-0.39, 0.29) is 28.5 Å². The minimum Gasteiger partial charge on any atom is -0.451 e. The van der Waals surface area contributed by atoms with Crippen molar-refractivity contribution in [3.63, 3.8) is 0 Å². The predicted molar refractivity (Wildman–Crippen MR) is 110 cm³/mol. The van der Waals surface area contributed by atoms with E-state index in [0.29, 0.717) is 30.1 Å². The third kappa shape index (κ3) is 2.75. The number of amides is 1. The molecule has 0 aromatic heterocycles. The van der Waals surface area contributed by atoms with Crippen molar-refractivity contribution in [3.8, 4) is 0 Å². The zero-order chi connectivity index (χ0) is 21.2. The van der Waals surface area contributed by atoms with Gasteiger partial charge in [0, 0.05) is 25.0 Å². The maximum Gasteiger partial charge on any atom is 0.303 e. The highest BCUT2D eigenvalue weighted by Gasteiger charge is 2.68. The Morgan fingerprint density at radius 1 is 1.10 bits per heavy atom. The van der Waals surface area contributed by atoms with Gasteiger partial charge in [0.15, 0.2) is 11.4 Å².